The molecule has 0 aliphatic carbocycles. The highest BCUT2D eigenvalue weighted by Gasteiger charge is 2.27. The van der Waals surface area contributed by atoms with Crippen LogP contribution < -0.4 is 10.2 Å². The highest BCUT2D eigenvalue weighted by atomic mass is 19.3. The number of para-hydroxylation sites is 2. The normalized spacial score (nSPS) is 17.5. The maximum absolute atomic E-state index is 14.2. The number of halogens is 2. The number of likely N-dealkylation sites (N-methyl/N-ethyl adjacent to an activating group) is 1. The first-order valence-corrected chi connectivity index (χ1v) is 14.5. The maximum atomic E-state index is 14.2. The van der Waals surface area contributed by atoms with Crippen LogP contribution in [-0.4, -0.2) is 99.4 Å². The molecule has 2 fully saturated rings. The summed E-state index contributed by atoms with van der Waals surface area (Å²) in [5.41, 5.74) is 2.67. The molecule has 0 spiro atoms. The SMILES string of the molecule is C#C/C=C\C(CC(C)(C)Nc1nc(N2CCOCC2)nc(-n2c(C(F)F)nc3ccccc32)n1)=C(/C)N1CCN(C)CC1. The summed E-state index contributed by atoms with van der Waals surface area (Å²) in [4.78, 5) is 25.0. The summed E-state index contributed by atoms with van der Waals surface area (Å²) < 4.78 is 35.3. The number of hydrogen-bond donors (Lipinski definition) is 1. The van der Waals surface area contributed by atoms with Gasteiger partial charge in [-0.05, 0) is 64.1 Å². The number of piperazine rings is 1. The van der Waals surface area contributed by atoms with Crippen molar-refractivity contribution in [3.05, 3.63) is 53.5 Å². The van der Waals surface area contributed by atoms with Gasteiger partial charge in [0.05, 0.1) is 24.2 Å². The van der Waals surface area contributed by atoms with Crippen molar-refractivity contribution < 1.29 is 13.5 Å². The average molecular weight is 592 g/mol. The largest absolute Gasteiger partial charge is 0.378 e. The molecule has 1 N–H and O–H groups in total. The summed E-state index contributed by atoms with van der Waals surface area (Å²) >= 11 is 0. The fraction of sp³-hybridized carbons (Fsp3) is 0.484. The van der Waals surface area contributed by atoms with Gasteiger partial charge in [0.25, 0.3) is 6.43 Å². The predicted molar refractivity (Wildman–Crippen MR) is 165 cm³/mol. The summed E-state index contributed by atoms with van der Waals surface area (Å²) in [6.07, 6.45) is 7.09. The Hall–Kier alpha value is -4.08. The number of allylic oxidation sites excluding steroid dienone is 3. The van der Waals surface area contributed by atoms with Crippen molar-refractivity contribution in [2.75, 3.05) is 69.7 Å². The molecular formula is C31H39F2N9O. The Labute approximate surface area is 251 Å². The number of anilines is 2. The van der Waals surface area contributed by atoms with Crippen molar-refractivity contribution in [2.45, 2.75) is 39.2 Å². The first kappa shape index (κ1) is 30.4. The Balaban J connectivity index is 1.53. The number of morpholine rings is 1. The topological polar surface area (TPSA) is 87.5 Å². The molecule has 0 atom stereocenters. The van der Waals surface area contributed by atoms with Gasteiger partial charge < -0.3 is 24.8 Å². The van der Waals surface area contributed by atoms with E-state index < -0.39 is 17.8 Å². The molecule has 12 heteroatoms. The van der Waals surface area contributed by atoms with E-state index in [1.54, 1.807) is 30.3 Å². The molecule has 5 rings (SSSR count). The Morgan fingerprint density at radius 1 is 1.05 bits per heavy atom. The van der Waals surface area contributed by atoms with Gasteiger partial charge in [-0.1, -0.05) is 18.1 Å². The van der Waals surface area contributed by atoms with Crippen molar-refractivity contribution in [2.24, 2.45) is 0 Å². The smallest absolute Gasteiger partial charge is 0.296 e. The first-order valence-electron chi connectivity index (χ1n) is 14.5. The number of terminal acetylenes is 1. The molecule has 2 aliphatic rings. The van der Waals surface area contributed by atoms with Crippen LogP contribution in [0.25, 0.3) is 17.0 Å². The van der Waals surface area contributed by atoms with Crippen LogP contribution in [-0.2, 0) is 4.74 Å². The zero-order valence-electron chi connectivity index (χ0n) is 25.2. The van der Waals surface area contributed by atoms with Crippen LogP contribution in [0.3, 0.4) is 0 Å². The maximum Gasteiger partial charge on any atom is 0.296 e. The van der Waals surface area contributed by atoms with Crippen LogP contribution in [0, 0.1) is 12.3 Å². The fourth-order valence-electron chi connectivity index (χ4n) is 5.44. The lowest BCUT2D eigenvalue weighted by Crippen LogP contribution is -2.44. The number of benzene rings is 1. The van der Waals surface area contributed by atoms with Gasteiger partial charge in [0.2, 0.25) is 17.8 Å². The van der Waals surface area contributed by atoms with Crippen molar-refractivity contribution in [1.29, 1.82) is 0 Å². The monoisotopic (exact) mass is 591 g/mol. The van der Waals surface area contributed by atoms with Crippen LogP contribution in [0.15, 0.2) is 47.7 Å². The van der Waals surface area contributed by atoms with Gasteiger partial charge in [0.15, 0.2) is 5.82 Å². The van der Waals surface area contributed by atoms with Crippen LogP contribution in [0.2, 0.25) is 0 Å². The summed E-state index contributed by atoms with van der Waals surface area (Å²) in [6, 6.07) is 6.98. The lowest BCUT2D eigenvalue weighted by Gasteiger charge is -2.36. The quantitative estimate of drug-likeness (QED) is 0.290. The van der Waals surface area contributed by atoms with E-state index in [1.807, 2.05) is 11.0 Å². The molecule has 4 heterocycles. The number of rotatable bonds is 9. The van der Waals surface area contributed by atoms with E-state index >= 15 is 0 Å². The van der Waals surface area contributed by atoms with Crippen LogP contribution >= 0.6 is 0 Å². The minimum atomic E-state index is -2.82. The standard InChI is InChI=1S/C31H39F2N9O/c1-6-7-10-23(22(2)40-15-13-39(5)14-16-40)21-31(3,4)38-28-35-29(41-17-19-43-20-18-41)37-30(36-28)42-25-12-9-8-11-24(25)34-27(42)26(32)33/h1,7-12,26H,13-21H2,2-5H3,(H,35,36,37,38)/b10-7-,23-22-. The summed E-state index contributed by atoms with van der Waals surface area (Å²) in [7, 11) is 2.13. The number of nitrogens with one attached hydrogen (secondary N) is 1. The Kier molecular flexibility index (Phi) is 9.22. The number of fused-ring (bicyclic) bond motifs is 1. The third-order valence-corrected chi connectivity index (χ3v) is 7.79. The third-order valence-electron chi connectivity index (χ3n) is 7.79. The predicted octanol–water partition coefficient (Wildman–Crippen LogP) is 4.28. The van der Waals surface area contributed by atoms with Gasteiger partial charge in [-0.25, -0.2) is 13.8 Å². The number of aromatic nitrogens is 5. The molecule has 228 valence electrons. The lowest BCUT2D eigenvalue weighted by molar-refractivity contribution is 0.122. The number of hydrogen-bond acceptors (Lipinski definition) is 9. The van der Waals surface area contributed by atoms with Crippen molar-refractivity contribution in [3.8, 4) is 18.3 Å². The molecule has 10 nitrogen and oxygen atoms in total. The lowest BCUT2D eigenvalue weighted by atomic mass is 9.93. The molecule has 0 unspecified atom stereocenters. The molecule has 0 radical (unpaired) electrons. The average Bonchev–Trinajstić information content (AvgIpc) is 3.39. The minimum Gasteiger partial charge on any atom is -0.378 e. The van der Waals surface area contributed by atoms with E-state index in [4.69, 9.17) is 16.1 Å². The van der Waals surface area contributed by atoms with Crippen molar-refractivity contribution in [3.63, 3.8) is 0 Å². The Morgan fingerprint density at radius 3 is 2.44 bits per heavy atom. The second-order valence-electron chi connectivity index (χ2n) is 11.5. The van der Waals surface area contributed by atoms with E-state index in [0.717, 1.165) is 31.8 Å². The minimum absolute atomic E-state index is 0.0791. The number of nitrogens with zero attached hydrogens (tertiary/aromatic N) is 8. The fourth-order valence-corrected chi connectivity index (χ4v) is 5.44. The summed E-state index contributed by atoms with van der Waals surface area (Å²) in [5.74, 6) is 2.95. The van der Waals surface area contributed by atoms with E-state index in [2.05, 4.69) is 63.8 Å². The summed E-state index contributed by atoms with van der Waals surface area (Å²) in [5, 5.41) is 3.48. The first-order chi connectivity index (χ1) is 20.6. The molecule has 43 heavy (non-hydrogen) atoms. The molecule has 1 aromatic carbocycles. The van der Waals surface area contributed by atoms with Gasteiger partial charge in [0, 0.05) is 50.5 Å². The molecule has 2 aromatic heterocycles. The third kappa shape index (κ3) is 7.12. The molecule has 2 aliphatic heterocycles. The highest BCUT2D eigenvalue weighted by molar-refractivity contribution is 5.77. The number of imidazole rings is 1. The van der Waals surface area contributed by atoms with Crippen molar-refractivity contribution >= 4 is 22.9 Å². The van der Waals surface area contributed by atoms with Crippen molar-refractivity contribution in [1.82, 2.24) is 34.3 Å². The second kappa shape index (κ2) is 13.1. The van der Waals surface area contributed by atoms with E-state index in [-0.39, 0.29) is 11.9 Å². The van der Waals surface area contributed by atoms with Gasteiger partial charge in [-0.2, -0.15) is 15.0 Å². The molecule has 0 saturated carbocycles. The van der Waals surface area contributed by atoms with Gasteiger partial charge >= 0.3 is 0 Å². The van der Waals surface area contributed by atoms with Gasteiger partial charge in [-0.15, -0.1) is 6.42 Å². The van der Waals surface area contributed by atoms with E-state index in [1.165, 1.54) is 10.3 Å². The number of ether oxygens (including phenoxy) is 1. The van der Waals surface area contributed by atoms with Crippen LogP contribution in [0.4, 0.5) is 20.7 Å². The zero-order valence-corrected chi connectivity index (χ0v) is 25.2. The Bertz CT molecular complexity index is 1530. The van der Waals surface area contributed by atoms with Crippen LogP contribution in [0.1, 0.15) is 39.4 Å². The van der Waals surface area contributed by atoms with E-state index in [9.17, 15) is 8.78 Å². The second-order valence-corrected chi connectivity index (χ2v) is 11.5. The number of alkyl halides is 2. The zero-order chi connectivity index (χ0) is 30.6. The van der Waals surface area contributed by atoms with Crippen LogP contribution in [0.5, 0.6) is 0 Å². The molecule has 0 bridgehead atoms. The van der Waals surface area contributed by atoms with E-state index in [0.29, 0.717) is 49.7 Å². The summed E-state index contributed by atoms with van der Waals surface area (Å²) in [6.45, 7) is 12.3. The molecule has 3 aromatic rings. The van der Waals surface area contributed by atoms with Gasteiger partial charge in [0.1, 0.15) is 0 Å². The highest BCUT2D eigenvalue weighted by Crippen LogP contribution is 2.30. The van der Waals surface area contributed by atoms with Gasteiger partial charge in [-0.3, -0.25) is 4.57 Å². The molecular weight excluding hydrogens is 552 g/mol. The molecule has 0 amide bonds. The molecule has 2 saturated heterocycles. The Morgan fingerprint density at radius 2 is 1.74 bits per heavy atom.